The van der Waals surface area contributed by atoms with Crippen LogP contribution in [0.3, 0.4) is 0 Å². The second-order valence-corrected chi connectivity index (χ2v) is 4.73. The Kier molecular flexibility index (Phi) is 3.54. The molecule has 0 saturated carbocycles. The topological polar surface area (TPSA) is 12.0 Å². The summed E-state index contributed by atoms with van der Waals surface area (Å²) in [7, 11) is 0. The lowest BCUT2D eigenvalue weighted by Crippen LogP contribution is -2.36. The van der Waals surface area contributed by atoms with E-state index in [2.05, 4.69) is 12.2 Å². The Morgan fingerprint density at radius 1 is 1.25 bits per heavy atom. The van der Waals surface area contributed by atoms with Crippen LogP contribution in [0.25, 0.3) is 0 Å². The number of hydrogen-bond donors (Lipinski definition) is 1. The van der Waals surface area contributed by atoms with Crippen molar-refractivity contribution in [2.75, 3.05) is 6.54 Å². The highest BCUT2D eigenvalue weighted by Gasteiger charge is 2.18. The molecule has 0 spiro atoms. The molecule has 0 radical (unpaired) electrons. The summed E-state index contributed by atoms with van der Waals surface area (Å²) in [5.41, 5.74) is 0.775. The average Bonchev–Trinajstić information content (AvgIpc) is 2.15. The quantitative estimate of drug-likeness (QED) is 0.816. The Bertz CT molecular complexity index is 345. The van der Waals surface area contributed by atoms with Gasteiger partial charge in [0.15, 0.2) is 0 Å². The zero-order chi connectivity index (χ0) is 11.5. The van der Waals surface area contributed by atoms with Crippen molar-refractivity contribution in [1.82, 2.24) is 5.32 Å². The molecule has 0 aromatic heterocycles. The number of benzene rings is 1. The second-order valence-electron chi connectivity index (χ2n) is 4.73. The molecule has 2 rings (SSSR count). The molecule has 88 valence electrons. The molecular weight excluding hydrogens is 208 g/mol. The molecule has 1 aliphatic rings. The number of halogens is 2. The van der Waals surface area contributed by atoms with Crippen molar-refractivity contribution >= 4 is 0 Å². The third-order valence-electron chi connectivity index (χ3n) is 3.18. The van der Waals surface area contributed by atoms with Crippen molar-refractivity contribution in [2.45, 2.75) is 32.2 Å². The predicted molar refractivity (Wildman–Crippen MR) is 60.3 cm³/mol. The summed E-state index contributed by atoms with van der Waals surface area (Å²) in [4.78, 5) is 0. The van der Waals surface area contributed by atoms with Crippen molar-refractivity contribution in [3.8, 4) is 0 Å². The highest BCUT2D eigenvalue weighted by Crippen LogP contribution is 2.21. The normalized spacial score (nSPS) is 25.7. The second kappa shape index (κ2) is 4.91. The van der Waals surface area contributed by atoms with Crippen molar-refractivity contribution < 1.29 is 8.78 Å². The van der Waals surface area contributed by atoms with E-state index < -0.39 is 11.6 Å². The zero-order valence-electron chi connectivity index (χ0n) is 9.47. The van der Waals surface area contributed by atoms with Crippen molar-refractivity contribution in [3.63, 3.8) is 0 Å². The average molecular weight is 225 g/mol. The fourth-order valence-corrected chi connectivity index (χ4v) is 2.48. The first kappa shape index (κ1) is 11.5. The first-order valence-corrected chi connectivity index (χ1v) is 5.82. The maximum absolute atomic E-state index is 13.0. The van der Waals surface area contributed by atoms with Gasteiger partial charge in [0.1, 0.15) is 11.6 Å². The van der Waals surface area contributed by atoms with Crippen LogP contribution < -0.4 is 5.32 Å². The Labute approximate surface area is 94.9 Å². The van der Waals surface area contributed by atoms with E-state index in [0.29, 0.717) is 12.0 Å². The van der Waals surface area contributed by atoms with E-state index in [0.717, 1.165) is 37.4 Å². The van der Waals surface area contributed by atoms with Crippen LogP contribution in [0.2, 0.25) is 0 Å². The summed E-state index contributed by atoms with van der Waals surface area (Å²) in [5.74, 6) is -0.411. The summed E-state index contributed by atoms with van der Waals surface area (Å²) in [6.45, 7) is 3.15. The summed E-state index contributed by atoms with van der Waals surface area (Å²) < 4.78 is 26.0. The van der Waals surface area contributed by atoms with Crippen LogP contribution in [0.5, 0.6) is 0 Å². The van der Waals surface area contributed by atoms with Gasteiger partial charge in [-0.05, 0) is 56.3 Å². The van der Waals surface area contributed by atoms with E-state index >= 15 is 0 Å². The van der Waals surface area contributed by atoms with Crippen LogP contribution in [0.4, 0.5) is 8.78 Å². The molecule has 1 heterocycles. The molecular formula is C13H17F2N. The van der Waals surface area contributed by atoms with Gasteiger partial charge in [0.25, 0.3) is 0 Å². The Hall–Kier alpha value is -0.960. The molecule has 2 atom stereocenters. The van der Waals surface area contributed by atoms with Gasteiger partial charge in [0.05, 0.1) is 0 Å². The van der Waals surface area contributed by atoms with E-state index in [1.807, 2.05) is 0 Å². The summed E-state index contributed by atoms with van der Waals surface area (Å²) in [6, 6.07) is 4.32. The minimum absolute atomic E-state index is 0.475. The predicted octanol–water partition coefficient (Wildman–Crippen LogP) is 2.90. The maximum atomic E-state index is 13.0. The largest absolute Gasteiger partial charge is 0.314 e. The molecule has 1 aromatic rings. The maximum Gasteiger partial charge on any atom is 0.126 e. The first-order chi connectivity index (χ1) is 7.63. The minimum atomic E-state index is -0.475. The minimum Gasteiger partial charge on any atom is -0.314 e. The van der Waals surface area contributed by atoms with Gasteiger partial charge in [-0.25, -0.2) is 8.78 Å². The van der Waals surface area contributed by atoms with Crippen LogP contribution in [0, 0.1) is 17.6 Å². The monoisotopic (exact) mass is 225 g/mol. The van der Waals surface area contributed by atoms with Crippen LogP contribution in [0.15, 0.2) is 18.2 Å². The van der Waals surface area contributed by atoms with E-state index in [4.69, 9.17) is 0 Å². The van der Waals surface area contributed by atoms with Gasteiger partial charge in [0, 0.05) is 12.1 Å². The number of hydrogen-bond acceptors (Lipinski definition) is 1. The zero-order valence-corrected chi connectivity index (χ0v) is 9.47. The number of rotatable bonds is 2. The third-order valence-corrected chi connectivity index (χ3v) is 3.18. The smallest absolute Gasteiger partial charge is 0.126 e. The molecule has 1 N–H and O–H groups in total. The Morgan fingerprint density at radius 3 is 2.56 bits per heavy atom. The van der Waals surface area contributed by atoms with Gasteiger partial charge < -0.3 is 5.32 Å². The molecule has 1 aliphatic heterocycles. The summed E-state index contributed by atoms with van der Waals surface area (Å²) >= 11 is 0. The van der Waals surface area contributed by atoms with Gasteiger partial charge in [0.2, 0.25) is 0 Å². The molecule has 0 amide bonds. The first-order valence-electron chi connectivity index (χ1n) is 5.82. The van der Waals surface area contributed by atoms with Crippen molar-refractivity contribution in [2.24, 2.45) is 5.92 Å². The molecule has 2 unspecified atom stereocenters. The van der Waals surface area contributed by atoms with Gasteiger partial charge in [-0.1, -0.05) is 0 Å². The van der Waals surface area contributed by atoms with E-state index in [9.17, 15) is 8.78 Å². The lowest BCUT2D eigenvalue weighted by molar-refractivity contribution is 0.313. The van der Waals surface area contributed by atoms with Gasteiger partial charge in [-0.2, -0.15) is 0 Å². The van der Waals surface area contributed by atoms with Gasteiger partial charge in [-0.3, -0.25) is 0 Å². The molecule has 16 heavy (non-hydrogen) atoms. The van der Waals surface area contributed by atoms with Crippen LogP contribution in [0.1, 0.15) is 25.3 Å². The molecule has 1 saturated heterocycles. The molecule has 1 nitrogen and oxygen atoms in total. The molecule has 0 aliphatic carbocycles. The van der Waals surface area contributed by atoms with Crippen molar-refractivity contribution in [1.29, 1.82) is 0 Å². The Morgan fingerprint density at radius 2 is 1.94 bits per heavy atom. The summed E-state index contributed by atoms with van der Waals surface area (Å²) in [5, 5.41) is 3.37. The van der Waals surface area contributed by atoms with Crippen LogP contribution in [-0.2, 0) is 6.42 Å². The highest BCUT2D eigenvalue weighted by atomic mass is 19.1. The van der Waals surface area contributed by atoms with E-state index in [-0.39, 0.29) is 0 Å². The number of piperidine rings is 1. The fourth-order valence-electron chi connectivity index (χ4n) is 2.48. The number of nitrogens with one attached hydrogen (secondary N) is 1. The fraction of sp³-hybridized carbons (Fsp3) is 0.538. The van der Waals surface area contributed by atoms with Gasteiger partial charge in [-0.15, -0.1) is 0 Å². The standard InChI is InChI=1S/C13H17F2N/c1-9-4-10(2-3-16-9)5-11-6-12(14)8-13(15)7-11/h6-10,16H,2-5H2,1H3. The van der Waals surface area contributed by atoms with Gasteiger partial charge >= 0.3 is 0 Å². The molecule has 1 aromatic carbocycles. The Balaban J connectivity index is 2.02. The SMILES string of the molecule is CC1CC(Cc2cc(F)cc(F)c2)CCN1. The molecule has 3 heteroatoms. The van der Waals surface area contributed by atoms with Crippen molar-refractivity contribution in [3.05, 3.63) is 35.4 Å². The van der Waals surface area contributed by atoms with E-state index in [1.54, 1.807) is 0 Å². The van der Waals surface area contributed by atoms with E-state index in [1.165, 1.54) is 12.1 Å². The van der Waals surface area contributed by atoms with Crippen LogP contribution in [-0.4, -0.2) is 12.6 Å². The molecule has 1 fully saturated rings. The third kappa shape index (κ3) is 3.01. The lowest BCUT2D eigenvalue weighted by Gasteiger charge is -2.28. The highest BCUT2D eigenvalue weighted by molar-refractivity contribution is 5.18. The lowest BCUT2D eigenvalue weighted by atomic mass is 9.88. The molecule has 0 bridgehead atoms. The van der Waals surface area contributed by atoms with Crippen LogP contribution >= 0.6 is 0 Å². The summed E-state index contributed by atoms with van der Waals surface area (Å²) in [6.07, 6.45) is 2.95.